The van der Waals surface area contributed by atoms with Crippen LogP contribution in [0.5, 0.6) is 0 Å². The van der Waals surface area contributed by atoms with Crippen molar-refractivity contribution in [3.05, 3.63) is 34.9 Å². The molecule has 1 rings (SSSR count). The van der Waals surface area contributed by atoms with Crippen LogP contribution in [0.3, 0.4) is 0 Å². The van der Waals surface area contributed by atoms with Crippen molar-refractivity contribution >= 4 is 17.8 Å². The van der Waals surface area contributed by atoms with Crippen LogP contribution in [0, 0.1) is 0 Å². The van der Waals surface area contributed by atoms with E-state index in [0.717, 1.165) is 23.6 Å². The fourth-order valence-corrected chi connectivity index (χ4v) is 1.18. The quantitative estimate of drug-likeness (QED) is 0.515. The number of halogens is 1. The van der Waals surface area contributed by atoms with Gasteiger partial charge in [-0.1, -0.05) is 43.1 Å². The normalized spacial score (nSPS) is 10.9. The van der Waals surface area contributed by atoms with Gasteiger partial charge in [-0.2, -0.15) is 0 Å². The zero-order valence-corrected chi connectivity index (χ0v) is 8.59. The Balaban J connectivity index is 2.53. The third-order valence-electron chi connectivity index (χ3n) is 1.78. The molecule has 0 saturated heterocycles. The highest BCUT2D eigenvalue weighted by Crippen LogP contribution is 2.12. The lowest BCUT2D eigenvalue weighted by molar-refractivity contribution is 0.810. The standard InChI is InChI=1S/C11H14ClN/c1-2-3-8-13-9-10-6-4-5-7-11(10)12/h4-7,9H,2-3,8H2,1H3. The highest BCUT2D eigenvalue weighted by Gasteiger charge is 1.92. The lowest BCUT2D eigenvalue weighted by Gasteiger charge is -1.95. The summed E-state index contributed by atoms with van der Waals surface area (Å²) in [6.07, 6.45) is 4.17. The Hall–Kier alpha value is -0.820. The molecule has 0 aliphatic carbocycles. The Bertz CT molecular complexity index is 281. The molecule has 0 bridgehead atoms. The van der Waals surface area contributed by atoms with E-state index in [-0.39, 0.29) is 0 Å². The lowest BCUT2D eigenvalue weighted by atomic mass is 10.2. The van der Waals surface area contributed by atoms with Gasteiger partial charge in [-0.25, -0.2) is 0 Å². The molecular weight excluding hydrogens is 182 g/mol. The van der Waals surface area contributed by atoms with E-state index in [2.05, 4.69) is 11.9 Å². The second kappa shape index (κ2) is 5.76. The molecule has 2 heteroatoms. The Morgan fingerprint density at radius 1 is 1.38 bits per heavy atom. The van der Waals surface area contributed by atoms with Crippen LogP contribution in [0.4, 0.5) is 0 Å². The van der Waals surface area contributed by atoms with Crippen LogP contribution in [-0.4, -0.2) is 12.8 Å². The molecular formula is C11H14ClN. The average Bonchev–Trinajstić information content (AvgIpc) is 2.15. The van der Waals surface area contributed by atoms with Gasteiger partial charge in [-0.05, 0) is 12.5 Å². The van der Waals surface area contributed by atoms with Crippen LogP contribution in [-0.2, 0) is 0 Å². The summed E-state index contributed by atoms with van der Waals surface area (Å²) in [5.74, 6) is 0. The Kier molecular flexibility index (Phi) is 4.55. The van der Waals surface area contributed by atoms with Crippen molar-refractivity contribution in [3.63, 3.8) is 0 Å². The summed E-state index contributed by atoms with van der Waals surface area (Å²) in [5, 5.41) is 0.766. The number of benzene rings is 1. The van der Waals surface area contributed by atoms with Crippen LogP contribution in [0.15, 0.2) is 29.3 Å². The van der Waals surface area contributed by atoms with Gasteiger partial charge in [0, 0.05) is 23.3 Å². The van der Waals surface area contributed by atoms with Crippen molar-refractivity contribution in [2.75, 3.05) is 6.54 Å². The zero-order chi connectivity index (χ0) is 9.52. The van der Waals surface area contributed by atoms with Gasteiger partial charge in [-0.3, -0.25) is 4.99 Å². The smallest absolute Gasteiger partial charge is 0.0493 e. The minimum Gasteiger partial charge on any atom is -0.293 e. The molecule has 70 valence electrons. The van der Waals surface area contributed by atoms with Crippen molar-refractivity contribution < 1.29 is 0 Å². The summed E-state index contributed by atoms with van der Waals surface area (Å²) in [5.41, 5.74) is 1.00. The van der Waals surface area contributed by atoms with Crippen LogP contribution in [0.1, 0.15) is 25.3 Å². The number of hydrogen-bond acceptors (Lipinski definition) is 1. The van der Waals surface area contributed by atoms with Crippen LogP contribution >= 0.6 is 11.6 Å². The first-order valence-corrected chi connectivity index (χ1v) is 4.96. The maximum absolute atomic E-state index is 5.95. The summed E-state index contributed by atoms with van der Waals surface area (Å²) < 4.78 is 0. The van der Waals surface area contributed by atoms with Crippen LogP contribution in [0.2, 0.25) is 5.02 Å². The van der Waals surface area contributed by atoms with E-state index in [1.165, 1.54) is 6.42 Å². The first-order valence-electron chi connectivity index (χ1n) is 4.59. The van der Waals surface area contributed by atoms with E-state index < -0.39 is 0 Å². The average molecular weight is 196 g/mol. The second-order valence-electron chi connectivity index (χ2n) is 2.91. The maximum atomic E-state index is 5.95. The maximum Gasteiger partial charge on any atom is 0.0493 e. The van der Waals surface area contributed by atoms with E-state index >= 15 is 0 Å². The predicted octanol–water partition coefficient (Wildman–Crippen LogP) is 3.56. The highest BCUT2D eigenvalue weighted by atomic mass is 35.5. The molecule has 1 aromatic carbocycles. The third-order valence-corrected chi connectivity index (χ3v) is 2.12. The molecule has 0 aliphatic heterocycles. The molecule has 0 saturated carbocycles. The fourth-order valence-electron chi connectivity index (χ4n) is 0.992. The first-order chi connectivity index (χ1) is 6.34. The SMILES string of the molecule is CCCCN=Cc1ccccc1Cl. The summed E-state index contributed by atoms with van der Waals surface area (Å²) in [4.78, 5) is 4.28. The van der Waals surface area contributed by atoms with Gasteiger partial charge < -0.3 is 0 Å². The molecule has 0 N–H and O–H groups in total. The fraction of sp³-hybridized carbons (Fsp3) is 0.364. The van der Waals surface area contributed by atoms with Gasteiger partial charge in [0.1, 0.15) is 0 Å². The summed E-state index contributed by atoms with van der Waals surface area (Å²) in [6, 6.07) is 7.74. The molecule has 0 radical (unpaired) electrons. The molecule has 0 heterocycles. The minimum atomic E-state index is 0.766. The van der Waals surface area contributed by atoms with Crippen LogP contribution in [0.25, 0.3) is 0 Å². The molecule has 13 heavy (non-hydrogen) atoms. The van der Waals surface area contributed by atoms with Gasteiger partial charge in [0.2, 0.25) is 0 Å². The topological polar surface area (TPSA) is 12.4 Å². The number of rotatable bonds is 4. The highest BCUT2D eigenvalue weighted by molar-refractivity contribution is 6.33. The lowest BCUT2D eigenvalue weighted by Crippen LogP contribution is -1.85. The molecule has 0 aromatic heterocycles. The number of nitrogens with zero attached hydrogens (tertiary/aromatic N) is 1. The zero-order valence-electron chi connectivity index (χ0n) is 7.83. The van der Waals surface area contributed by atoms with Crippen molar-refractivity contribution in [2.24, 2.45) is 4.99 Å². The van der Waals surface area contributed by atoms with E-state index in [4.69, 9.17) is 11.6 Å². The van der Waals surface area contributed by atoms with E-state index in [1.54, 1.807) is 0 Å². The van der Waals surface area contributed by atoms with Gasteiger partial charge in [0.25, 0.3) is 0 Å². The molecule has 0 atom stereocenters. The largest absolute Gasteiger partial charge is 0.293 e. The summed E-state index contributed by atoms with van der Waals surface area (Å²) >= 11 is 5.95. The van der Waals surface area contributed by atoms with Gasteiger partial charge in [-0.15, -0.1) is 0 Å². The van der Waals surface area contributed by atoms with Crippen molar-refractivity contribution in [1.82, 2.24) is 0 Å². The molecule has 0 spiro atoms. The molecule has 0 fully saturated rings. The summed E-state index contributed by atoms with van der Waals surface area (Å²) in [7, 11) is 0. The monoisotopic (exact) mass is 195 g/mol. The van der Waals surface area contributed by atoms with E-state index in [9.17, 15) is 0 Å². The third kappa shape index (κ3) is 3.60. The predicted molar refractivity (Wildman–Crippen MR) is 58.8 cm³/mol. The molecule has 1 aromatic rings. The Labute approximate surface area is 84.5 Å². The number of hydrogen-bond donors (Lipinski definition) is 0. The van der Waals surface area contributed by atoms with Crippen molar-refractivity contribution in [2.45, 2.75) is 19.8 Å². The van der Waals surface area contributed by atoms with Crippen LogP contribution < -0.4 is 0 Å². The second-order valence-corrected chi connectivity index (χ2v) is 3.32. The Morgan fingerprint density at radius 3 is 2.85 bits per heavy atom. The van der Waals surface area contributed by atoms with Gasteiger partial charge in [0.05, 0.1) is 0 Å². The molecule has 0 unspecified atom stereocenters. The number of aliphatic imine (C=N–C) groups is 1. The van der Waals surface area contributed by atoms with E-state index in [1.807, 2.05) is 30.5 Å². The first kappa shape index (κ1) is 10.3. The van der Waals surface area contributed by atoms with E-state index in [0.29, 0.717) is 0 Å². The summed E-state index contributed by atoms with van der Waals surface area (Å²) in [6.45, 7) is 3.05. The molecule has 1 nitrogen and oxygen atoms in total. The van der Waals surface area contributed by atoms with Crippen molar-refractivity contribution in [3.8, 4) is 0 Å². The molecule has 0 amide bonds. The van der Waals surface area contributed by atoms with Gasteiger partial charge in [0.15, 0.2) is 0 Å². The van der Waals surface area contributed by atoms with Crippen molar-refractivity contribution in [1.29, 1.82) is 0 Å². The van der Waals surface area contributed by atoms with Gasteiger partial charge >= 0.3 is 0 Å². The molecule has 0 aliphatic rings. The Morgan fingerprint density at radius 2 is 2.15 bits per heavy atom. The minimum absolute atomic E-state index is 0.766. The number of unbranched alkanes of at least 4 members (excludes halogenated alkanes) is 1.